The van der Waals surface area contributed by atoms with Gasteiger partial charge in [0, 0.05) is 18.3 Å². The van der Waals surface area contributed by atoms with Crippen LogP contribution >= 0.6 is 0 Å². The summed E-state index contributed by atoms with van der Waals surface area (Å²) in [6, 6.07) is -0.643. The van der Waals surface area contributed by atoms with E-state index in [4.69, 9.17) is 5.73 Å². The van der Waals surface area contributed by atoms with Crippen LogP contribution in [0.1, 0.15) is 5.69 Å². The number of carbonyl (C=O) groups is 1. The number of nitrogens with one attached hydrogen (secondary N) is 2. The van der Waals surface area contributed by atoms with Crippen LogP contribution in [0.3, 0.4) is 0 Å². The number of rotatable bonds is 4. The number of aromatic amines is 1. The van der Waals surface area contributed by atoms with Gasteiger partial charge < -0.3 is 16.0 Å². The van der Waals surface area contributed by atoms with Gasteiger partial charge in [0.2, 0.25) is 5.91 Å². The number of H-pyrrole nitrogens is 1. The van der Waals surface area contributed by atoms with Crippen molar-refractivity contribution in [3.63, 3.8) is 0 Å². The molecular weight excluding hydrogens is 220 g/mol. The van der Waals surface area contributed by atoms with Gasteiger partial charge in [-0.3, -0.25) is 4.79 Å². The van der Waals surface area contributed by atoms with Gasteiger partial charge in [0.25, 0.3) is 0 Å². The molecule has 0 bridgehead atoms. The summed E-state index contributed by atoms with van der Waals surface area (Å²) in [5.74, 6) is -0.283. The summed E-state index contributed by atoms with van der Waals surface area (Å²) < 4.78 is 0. The third-order valence-electron chi connectivity index (χ3n) is 2.16. The van der Waals surface area contributed by atoms with Crippen LogP contribution in [0.25, 0.3) is 0 Å². The van der Waals surface area contributed by atoms with E-state index in [1.165, 1.54) is 18.7 Å². The summed E-state index contributed by atoms with van der Waals surface area (Å²) >= 11 is 0. The average Bonchev–Trinajstić information content (AvgIpc) is 2.83. The lowest BCUT2D eigenvalue weighted by Gasteiger charge is -2.10. The maximum atomic E-state index is 11.7. The predicted molar refractivity (Wildman–Crippen MR) is 60.9 cm³/mol. The van der Waals surface area contributed by atoms with Crippen LogP contribution in [0.2, 0.25) is 0 Å². The molecule has 7 heteroatoms. The van der Waals surface area contributed by atoms with Gasteiger partial charge in [0.1, 0.15) is 6.33 Å². The van der Waals surface area contributed by atoms with E-state index < -0.39 is 6.04 Å². The number of anilines is 1. The molecule has 2 rings (SSSR count). The number of hydrogen-bond acceptors (Lipinski definition) is 5. The Kier molecular flexibility index (Phi) is 3.41. The fourth-order valence-electron chi connectivity index (χ4n) is 1.32. The standard InChI is InChI=1S/C10H12N6O/c11-9(1-7-2-14-6-15-7)10(17)16-8-3-12-5-13-4-8/h2-6,9H,1,11H2,(H,14,15)(H,16,17)/t9-/m0/s1. The van der Waals surface area contributed by atoms with Crippen molar-refractivity contribution in [2.45, 2.75) is 12.5 Å². The third-order valence-corrected chi connectivity index (χ3v) is 2.16. The zero-order valence-electron chi connectivity index (χ0n) is 9.00. The molecule has 2 heterocycles. The first-order valence-electron chi connectivity index (χ1n) is 5.04. The van der Waals surface area contributed by atoms with Crippen LogP contribution in [-0.4, -0.2) is 31.9 Å². The molecule has 0 aliphatic heterocycles. The quantitative estimate of drug-likeness (QED) is 0.671. The second-order valence-electron chi connectivity index (χ2n) is 3.50. The molecule has 0 aromatic carbocycles. The number of imidazole rings is 1. The van der Waals surface area contributed by atoms with Crippen molar-refractivity contribution in [1.82, 2.24) is 19.9 Å². The zero-order chi connectivity index (χ0) is 12.1. The van der Waals surface area contributed by atoms with E-state index in [1.54, 1.807) is 12.5 Å². The van der Waals surface area contributed by atoms with E-state index in [-0.39, 0.29) is 5.91 Å². The first-order chi connectivity index (χ1) is 8.25. The van der Waals surface area contributed by atoms with Crippen molar-refractivity contribution in [3.05, 3.63) is 36.9 Å². The van der Waals surface area contributed by atoms with Crippen molar-refractivity contribution in [2.24, 2.45) is 5.73 Å². The summed E-state index contributed by atoms with van der Waals surface area (Å²) in [5.41, 5.74) is 7.10. The molecule has 88 valence electrons. The molecule has 4 N–H and O–H groups in total. The molecule has 0 aliphatic rings. The summed E-state index contributed by atoms with van der Waals surface area (Å²) in [5, 5.41) is 2.63. The van der Waals surface area contributed by atoms with Gasteiger partial charge in [-0.2, -0.15) is 0 Å². The SMILES string of the molecule is N[C@@H](Cc1cnc[nH]1)C(=O)Nc1cncnc1. The monoisotopic (exact) mass is 232 g/mol. The Balaban J connectivity index is 1.92. The fourth-order valence-corrected chi connectivity index (χ4v) is 1.32. The Labute approximate surface area is 97.5 Å². The largest absolute Gasteiger partial charge is 0.348 e. The highest BCUT2D eigenvalue weighted by molar-refractivity contribution is 5.94. The molecule has 7 nitrogen and oxygen atoms in total. The highest BCUT2D eigenvalue weighted by atomic mass is 16.2. The van der Waals surface area contributed by atoms with E-state index in [9.17, 15) is 4.79 Å². The Bertz CT molecular complexity index is 469. The molecule has 1 amide bonds. The van der Waals surface area contributed by atoms with E-state index >= 15 is 0 Å². The lowest BCUT2D eigenvalue weighted by molar-refractivity contribution is -0.117. The minimum absolute atomic E-state index is 0.283. The van der Waals surface area contributed by atoms with Gasteiger partial charge in [-0.1, -0.05) is 0 Å². The molecule has 1 atom stereocenters. The van der Waals surface area contributed by atoms with E-state index in [0.717, 1.165) is 5.69 Å². The van der Waals surface area contributed by atoms with Gasteiger partial charge in [-0.25, -0.2) is 15.0 Å². The minimum Gasteiger partial charge on any atom is -0.348 e. The maximum Gasteiger partial charge on any atom is 0.241 e. The third kappa shape index (κ3) is 3.08. The van der Waals surface area contributed by atoms with Gasteiger partial charge >= 0.3 is 0 Å². The van der Waals surface area contributed by atoms with Crippen LogP contribution in [-0.2, 0) is 11.2 Å². The summed E-state index contributed by atoms with van der Waals surface area (Å²) in [7, 11) is 0. The number of carbonyl (C=O) groups excluding carboxylic acids is 1. The van der Waals surface area contributed by atoms with Gasteiger partial charge in [-0.05, 0) is 0 Å². The fraction of sp³-hybridized carbons (Fsp3) is 0.200. The number of amides is 1. The van der Waals surface area contributed by atoms with Crippen molar-refractivity contribution >= 4 is 11.6 Å². The number of hydrogen-bond donors (Lipinski definition) is 3. The Morgan fingerprint density at radius 2 is 2.12 bits per heavy atom. The molecular formula is C10H12N6O. The Hall–Kier alpha value is -2.28. The molecule has 0 spiro atoms. The smallest absolute Gasteiger partial charge is 0.241 e. The summed E-state index contributed by atoms with van der Waals surface area (Å²) in [6.07, 6.45) is 7.99. The zero-order valence-corrected chi connectivity index (χ0v) is 9.00. The Morgan fingerprint density at radius 3 is 2.76 bits per heavy atom. The molecule has 17 heavy (non-hydrogen) atoms. The second kappa shape index (κ2) is 5.17. The van der Waals surface area contributed by atoms with Crippen molar-refractivity contribution in [1.29, 1.82) is 0 Å². The lowest BCUT2D eigenvalue weighted by Crippen LogP contribution is -2.37. The molecule has 0 unspecified atom stereocenters. The normalized spacial score (nSPS) is 12.1. The van der Waals surface area contributed by atoms with Crippen LogP contribution < -0.4 is 11.1 Å². The molecule has 0 aliphatic carbocycles. The van der Waals surface area contributed by atoms with Gasteiger partial charge in [-0.15, -0.1) is 0 Å². The first-order valence-corrected chi connectivity index (χ1v) is 5.04. The van der Waals surface area contributed by atoms with Crippen LogP contribution in [0.5, 0.6) is 0 Å². The topological polar surface area (TPSA) is 110 Å². The van der Waals surface area contributed by atoms with Crippen molar-refractivity contribution < 1.29 is 4.79 Å². The number of nitrogens with zero attached hydrogens (tertiary/aromatic N) is 3. The van der Waals surface area contributed by atoms with Crippen LogP contribution in [0, 0.1) is 0 Å². The minimum atomic E-state index is -0.643. The van der Waals surface area contributed by atoms with Crippen molar-refractivity contribution in [2.75, 3.05) is 5.32 Å². The predicted octanol–water partition coefficient (Wildman–Crippen LogP) is -0.292. The molecule has 0 saturated carbocycles. The lowest BCUT2D eigenvalue weighted by atomic mass is 10.1. The van der Waals surface area contributed by atoms with Crippen LogP contribution in [0.15, 0.2) is 31.2 Å². The van der Waals surface area contributed by atoms with Gasteiger partial charge in [0.15, 0.2) is 0 Å². The van der Waals surface area contributed by atoms with Gasteiger partial charge in [0.05, 0.1) is 30.5 Å². The average molecular weight is 232 g/mol. The van der Waals surface area contributed by atoms with E-state index in [2.05, 4.69) is 25.3 Å². The summed E-state index contributed by atoms with van der Waals surface area (Å²) in [6.45, 7) is 0. The number of nitrogens with two attached hydrogens (primary N) is 1. The Morgan fingerprint density at radius 1 is 1.35 bits per heavy atom. The van der Waals surface area contributed by atoms with Crippen LogP contribution in [0.4, 0.5) is 5.69 Å². The molecule has 2 aromatic rings. The first kappa shape index (κ1) is 11.2. The van der Waals surface area contributed by atoms with E-state index in [1.807, 2.05) is 0 Å². The number of aromatic nitrogens is 4. The second-order valence-corrected chi connectivity index (χ2v) is 3.50. The summed E-state index contributed by atoms with van der Waals surface area (Å²) in [4.78, 5) is 26.0. The highest BCUT2D eigenvalue weighted by Crippen LogP contribution is 2.03. The van der Waals surface area contributed by atoms with E-state index in [0.29, 0.717) is 12.1 Å². The molecule has 0 saturated heterocycles. The molecule has 2 aromatic heterocycles. The van der Waals surface area contributed by atoms with Crippen molar-refractivity contribution in [3.8, 4) is 0 Å². The molecule has 0 radical (unpaired) electrons. The maximum absolute atomic E-state index is 11.7. The highest BCUT2D eigenvalue weighted by Gasteiger charge is 2.14. The molecule has 0 fully saturated rings.